The second-order valence-electron chi connectivity index (χ2n) is 9.46. The van der Waals surface area contributed by atoms with Crippen molar-refractivity contribution in [2.45, 2.75) is 25.6 Å². The molecule has 0 aliphatic carbocycles. The van der Waals surface area contributed by atoms with Crippen molar-refractivity contribution in [3.63, 3.8) is 0 Å². The highest BCUT2D eigenvalue weighted by Crippen LogP contribution is 2.32. The molecule has 1 amide bonds. The molecule has 5 aromatic rings. The third-order valence-corrected chi connectivity index (χ3v) is 6.63. The zero-order valence-electron chi connectivity index (χ0n) is 22.5. The van der Waals surface area contributed by atoms with Gasteiger partial charge in [-0.2, -0.15) is 18.3 Å². The van der Waals surface area contributed by atoms with Gasteiger partial charge in [0, 0.05) is 32.0 Å². The van der Waals surface area contributed by atoms with E-state index in [0.29, 0.717) is 24.9 Å². The largest absolute Gasteiger partial charge is 0.416 e. The van der Waals surface area contributed by atoms with Crippen molar-refractivity contribution in [1.82, 2.24) is 35.4 Å². The molecule has 0 saturated carbocycles. The van der Waals surface area contributed by atoms with Crippen LogP contribution in [0.4, 0.5) is 13.2 Å². The third-order valence-electron chi connectivity index (χ3n) is 6.63. The van der Waals surface area contributed by atoms with E-state index >= 15 is 0 Å². The highest BCUT2D eigenvalue weighted by Gasteiger charge is 2.30. The molecule has 0 radical (unpaired) electrons. The van der Waals surface area contributed by atoms with Crippen LogP contribution in [0.15, 0.2) is 85.1 Å². The summed E-state index contributed by atoms with van der Waals surface area (Å²) in [5, 5.41) is 18.8. The normalized spacial score (nSPS) is 11.5. The first kappa shape index (κ1) is 27.8. The van der Waals surface area contributed by atoms with E-state index in [-0.39, 0.29) is 5.91 Å². The Labute approximate surface area is 234 Å². The first-order valence-electron chi connectivity index (χ1n) is 13.0. The summed E-state index contributed by atoms with van der Waals surface area (Å²) >= 11 is 0. The third kappa shape index (κ3) is 6.36. The Morgan fingerprint density at radius 3 is 2.05 bits per heavy atom. The summed E-state index contributed by atoms with van der Waals surface area (Å²) < 4.78 is 42.4. The average Bonchev–Trinajstić information content (AvgIpc) is 3.64. The van der Waals surface area contributed by atoms with Crippen LogP contribution in [0.5, 0.6) is 0 Å². The van der Waals surface area contributed by atoms with E-state index in [4.69, 9.17) is 5.10 Å². The van der Waals surface area contributed by atoms with Crippen LogP contribution in [0.3, 0.4) is 0 Å². The number of aromatic nitrogens is 5. The number of carbonyl (C=O) groups excluding carboxylic acids is 1. The number of carbonyl (C=O) groups is 1. The van der Waals surface area contributed by atoms with Crippen LogP contribution in [0.1, 0.15) is 23.4 Å². The van der Waals surface area contributed by atoms with Gasteiger partial charge in [0.1, 0.15) is 0 Å². The van der Waals surface area contributed by atoms with Crippen molar-refractivity contribution in [1.29, 1.82) is 0 Å². The van der Waals surface area contributed by atoms with Crippen molar-refractivity contribution < 1.29 is 18.0 Å². The highest BCUT2D eigenvalue weighted by molar-refractivity contribution is 5.76. The topological polar surface area (TPSA) is 89.7 Å². The van der Waals surface area contributed by atoms with E-state index in [9.17, 15) is 18.0 Å². The molecule has 8 nitrogen and oxygen atoms in total. The Morgan fingerprint density at radius 2 is 1.44 bits per heavy atom. The monoisotopic (exact) mass is 559 g/mol. The molecule has 11 heteroatoms. The lowest BCUT2D eigenvalue weighted by Crippen LogP contribution is -2.18. The maximum Gasteiger partial charge on any atom is 0.416 e. The van der Waals surface area contributed by atoms with E-state index in [2.05, 4.69) is 20.9 Å². The molecule has 210 valence electrons. The van der Waals surface area contributed by atoms with Crippen LogP contribution in [0, 0.1) is 0 Å². The van der Waals surface area contributed by atoms with Gasteiger partial charge in [0.2, 0.25) is 5.91 Å². The van der Waals surface area contributed by atoms with Crippen molar-refractivity contribution in [2.24, 2.45) is 0 Å². The molecule has 41 heavy (non-hydrogen) atoms. The minimum absolute atomic E-state index is 0.0724. The Kier molecular flexibility index (Phi) is 7.97. The van der Waals surface area contributed by atoms with Crippen molar-refractivity contribution in [3.05, 3.63) is 102 Å². The lowest BCUT2D eigenvalue weighted by Gasteiger charge is -2.10. The van der Waals surface area contributed by atoms with Crippen LogP contribution in [0.25, 0.3) is 33.8 Å². The van der Waals surface area contributed by atoms with E-state index in [1.165, 1.54) is 12.1 Å². The fourth-order valence-electron chi connectivity index (χ4n) is 4.44. The van der Waals surface area contributed by atoms with Gasteiger partial charge in [0.15, 0.2) is 0 Å². The van der Waals surface area contributed by atoms with Gasteiger partial charge in [-0.05, 0) is 60.6 Å². The molecule has 5 rings (SSSR count). The zero-order chi connectivity index (χ0) is 29.0. The van der Waals surface area contributed by atoms with Crippen molar-refractivity contribution in [2.75, 3.05) is 14.1 Å². The van der Waals surface area contributed by atoms with Gasteiger partial charge in [0.25, 0.3) is 0 Å². The standard InChI is InChI=1S/C30H28F3N7O/c1-34-18-25-19-39(38-36-25)26-12-14-27(15-13-26)40-28(17-24(37-40)11-16-29(41)35-2)22-5-3-20(4-6-22)21-7-9-23(10-8-21)30(31,32)33/h3-10,12-15,17,19,34H,11,16,18H2,1-2H3,(H,35,41). The number of hydrogen-bond donors (Lipinski definition) is 2. The molecule has 0 saturated heterocycles. The number of hydrogen-bond acceptors (Lipinski definition) is 5. The number of aryl methyl sites for hydroxylation is 1. The van der Waals surface area contributed by atoms with Gasteiger partial charge < -0.3 is 10.6 Å². The van der Waals surface area contributed by atoms with Crippen LogP contribution < -0.4 is 10.6 Å². The molecule has 0 atom stereocenters. The summed E-state index contributed by atoms with van der Waals surface area (Å²) in [4.78, 5) is 11.9. The van der Waals surface area contributed by atoms with E-state index in [1.807, 2.05) is 72.5 Å². The quantitative estimate of drug-likeness (QED) is 0.259. The lowest BCUT2D eigenvalue weighted by atomic mass is 10.0. The van der Waals surface area contributed by atoms with Crippen molar-refractivity contribution >= 4 is 5.91 Å². The molecule has 3 aromatic carbocycles. The first-order chi connectivity index (χ1) is 19.7. The number of amides is 1. The maximum atomic E-state index is 13.0. The summed E-state index contributed by atoms with van der Waals surface area (Å²) in [6, 6.07) is 22.4. The van der Waals surface area contributed by atoms with E-state index in [1.54, 1.807) is 11.7 Å². The molecule has 2 N–H and O–H groups in total. The Bertz CT molecular complexity index is 1620. The number of rotatable bonds is 9. The summed E-state index contributed by atoms with van der Waals surface area (Å²) in [5.74, 6) is -0.0724. The van der Waals surface area contributed by atoms with Crippen LogP contribution in [-0.2, 0) is 23.9 Å². The zero-order valence-corrected chi connectivity index (χ0v) is 22.5. The number of benzene rings is 3. The molecule has 2 heterocycles. The summed E-state index contributed by atoms with van der Waals surface area (Å²) in [6.45, 7) is 0.616. The number of halogens is 3. The SMILES string of the molecule is CNCc1cn(-c2ccc(-n3nc(CCC(=O)NC)cc3-c3ccc(-c4ccc(C(F)(F)F)cc4)cc3)cc2)nn1. The number of alkyl halides is 3. The summed E-state index contributed by atoms with van der Waals surface area (Å²) in [6.07, 6.45) is -1.74. The lowest BCUT2D eigenvalue weighted by molar-refractivity contribution is -0.137. The van der Waals surface area contributed by atoms with Crippen LogP contribution >= 0.6 is 0 Å². The van der Waals surface area contributed by atoms with Gasteiger partial charge in [-0.3, -0.25) is 4.79 Å². The van der Waals surface area contributed by atoms with E-state index < -0.39 is 11.7 Å². The molecular weight excluding hydrogens is 531 g/mol. The van der Waals surface area contributed by atoms with Crippen molar-refractivity contribution in [3.8, 4) is 33.8 Å². The molecule has 0 aliphatic heterocycles. The Balaban J connectivity index is 1.45. The Morgan fingerprint density at radius 1 is 0.829 bits per heavy atom. The number of nitrogens with zero attached hydrogens (tertiary/aromatic N) is 5. The maximum absolute atomic E-state index is 13.0. The summed E-state index contributed by atoms with van der Waals surface area (Å²) in [7, 11) is 3.45. The minimum atomic E-state index is -4.38. The molecule has 0 spiro atoms. The van der Waals surface area contributed by atoms with Gasteiger partial charge >= 0.3 is 6.18 Å². The smallest absolute Gasteiger partial charge is 0.359 e. The Hall–Kier alpha value is -4.77. The molecule has 0 bridgehead atoms. The molecule has 0 aliphatic rings. The molecular formula is C30H28F3N7O. The van der Waals surface area contributed by atoms with Gasteiger partial charge in [-0.25, -0.2) is 9.36 Å². The molecule has 0 unspecified atom stereocenters. The first-order valence-corrected chi connectivity index (χ1v) is 13.0. The predicted molar refractivity (Wildman–Crippen MR) is 150 cm³/mol. The molecule has 2 aromatic heterocycles. The van der Waals surface area contributed by atoms with Crippen LogP contribution in [-0.4, -0.2) is 44.8 Å². The van der Waals surface area contributed by atoms with Gasteiger partial charge in [0.05, 0.1) is 40.2 Å². The fourth-order valence-corrected chi connectivity index (χ4v) is 4.44. The molecule has 0 fully saturated rings. The summed E-state index contributed by atoms with van der Waals surface area (Å²) in [5.41, 5.74) is 5.74. The average molecular weight is 560 g/mol. The van der Waals surface area contributed by atoms with Gasteiger partial charge in [-0.15, -0.1) is 5.10 Å². The fraction of sp³-hybridized carbons (Fsp3) is 0.200. The highest BCUT2D eigenvalue weighted by atomic mass is 19.4. The van der Waals surface area contributed by atoms with E-state index in [0.717, 1.165) is 51.7 Å². The predicted octanol–water partition coefficient (Wildman–Crippen LogP) is 5.20. The van der Waals surface area contributed by atoms with Crippen LogP contribution in [0.2, 0.25) is 0 Å². The second kappa shape index (κ2) is 11.8. The second-order valence-corrected chi connectivity index (χ2v) is 9.46. The van der Waals surface area contributed by atoms with Gasteiger partial charge in [-0.1, -0.05) is 41.6 Å². The number of nitrogens with one attached hydrogen (secondary N) is 2. The minimum Gasteiger partial charge on any atom is -0.359 e.